The van der Waals surface area contributed by atoms with Crippen LogP contribution in [-0.2, 0) is 5.54 Å². The molecule has 0 aliphatic rings. The molecule has 20 heavy (non-hydrogen) atoms. The normalized spacial score (nSPS) is 11.2. The minimum absolute atomic E-state index is 0.193. The third-order valence-corrected chi connectivity index (χ3v) is 2.98. The van der Waals surface area contributed by atoms with Crippen molar-refractivity contribution in [2.75, 3.05) is 13.7 Å². The van der Waals surface area contributed by atoms with Gasteiger partial charge < -0.3 is 14.9 Å². The van der Waals surface area contributed by atoms with Gasteiger partial charge in [-0.25, -0.2) is 15.9 Å². The van der Waals surface area contributed by atoms with E-state index in [4.69, 9.17) is 11.3 Å². The topological polar surface area (TPSA) is 60.5 Å². The van der Waals surface area contributed by atoms with Crippen LogP contribution in [0.4, 0.5) is 4.79 Å². The van der Waals surface area contributed by atoms with Gasteiger partial charge in [0, 0.05) is 26.6 Å². The third kappa shape index (κ3) is 3.73. The van der Waals surface area contributed by atoms with Crippen molar-refractivity contribution < 1.29 is 9.53 Å². The van der Waals surface area contributed by atoms with Gasteiger partial charge in [-0.2, -0.15) is 4.98 Å². The van der Waals surface area contributed by atoms with Crippen LogP contribution < -0.4 is 10.1 Å². The Morgan fingerprint density at radius 1 is 1.60 bits per heavy atom. The van der Waals surface area contributed by atoms with Crippen LogP contribution in [0.2, 0.25) is 0 Å². The molecular weight excluding hydrogens is 256 g/mol. The summed E-state index contributed by atoms with van der Waals surface area (Å²) in [4.78, 5) is 19.8. The lowest BCUT2D eigenvalue weighted by molar-refractivity contribution is 0.237. The van der Waals surface area contributed by atoms with Gasteiger partial charge in [-0.1, -0.05) is 13.8 Å². The molecule has 0 atom stereocenters. The smallest absolute Gasteiger partial charge is 0.329 e. The fourth-order valence-corrected chi connectivity index (χ4v) is 1.56. The molecule has 0 saturated heterocycles. The molecule has 0 fully saturated rings. The number of rotatable bonds is 5. The lowest BCUT2D eigenvalue weighted by Crippen LogP contribution is -2.30. The molecule has 0 aromatic carbocycles. The summed E-state index contributed by atoms with van der Waals surface area (Å²) in [6.07, 6.45) is 2.46. The van der Waals surface area contributed by atoms with Crippen LogP contribution in [0.5, 0.6) is 6.01 Å². The third-order valence-electron chi connectivity index (χ3n) is 2.98. The van der Waals surface area contributed by atoms with Crippen molar-refractivity contribution >= 4 is 6.03 Å². The van der Waals surface area contributed by atoms with Crippen molar-refractivity contribution in [3.63, 3.8) is 0 Å². The Labute approximate surface area is 120 Å². The summed E-state index contributed by atoms with van der Waals surface area (Å²) in [5.74, 6) is 0.525. The molecule has 1 N–H and O–H groups in total. The number of ether oxygens (including phenoxy) is 1. The number of imidazole rings is 1. The van der Waals surface area contributed by atoms with Gasteiger partial charge in [0.25, 0.3) is 5.54 Å². The monoisotopic (exact) mass is 278 g/mol. The van der Waals surface area contributed by atoms with Crippen LogP contribution in [0.3, 0.4) is 0 Å². The quantitative estimate of drug-likeness (QED) is 0.842. The van der Waals surface area contributed by atoms with E-state index in [1.807, 2.05) is 0 Å². The predicted molar refractivity (Wildman–Crippen MR) is 76.7 cm³/mol. The van der Waals surface area contributed by atoms with Crippen LogP contribution in [0.15, 0.2) is 6.20 Å². The van der Waals surface area contributed by atoms with E-state index >= 15 is 0 Å². The summed E-state index contributed by atoms with van der Waals surface area (Å²) < 4.78 is 6.41. The van der Waals surface area contributed by atoms with E-state index in [0.717, 1.165) is 6.42 Å². The largest absolute Gasteiger partial charge is 0.468 e. The number of hydrogen-bond acceptors (Lipinski definition) is 3. The van der Waals surface area contributed by atoms with Crippen LogP contribution in [0.1, 0.15) is 39.8 Å². The second kappa shape index (κ2) is 6.42. The number of carbonyl (C=O) groups excluding carboxylic acids is 1. The Morgan fingerprint density at radius 3 is 2.75 bits per heavy atom. The first-order valence-electron chi connectivity index (χ1n) is 6.62. The second-order valence-corrected chi connectivity index (χ2v) is 5.57. The van der Waals surface area contributed by atoms with E-state index in [1.165, 1.54) is 11.7 Å². The molecule has 6 heteroatoms. The Balaban J connectivity index is 2.89. The molecule has 0 unspecified atom stereocenters. The van der Waals surface area contributed by atoms with Crippen LogP contribution >= 0.6 is 0 Å². The number of nitrogens with one attached hydrogen (secondary N) is 1. The number of aromatic nitrogens is 2. The van der Waals surface area contributed by atoms with Gasteiger partial charge in [0.05, 0.1) is 7.11 Å². The summed E-state index contributed by atoms with van der Waals surface area (Å²) in [6.45, 7) is 15.5. The van der Waals surface area contributed by atoms with Gasteiger partial charge in [0.1, 0.15) is 5.69 Å². The Morgan fingerprint density at radius 2 is 2.25 bits per heavy atom. The zero-order valence-corrected chi connectivity index (χ0v) is 12.7. The number of hydrogen-bond donors (Lipinski definition) is 1. The molecule has 0 spiro atoms. The molecule has 1 amide bonds. The fourth-order valence-electron chi connectivity index (χ4n) is 1.56. The SMILES string of the molecule is [C-]#[N+]C(C)(C)c1cn(C(=O)NCCC(C)C)c(OC)n1. The number of nitrogens with zero attached hydrogens (tertiary/aromatic N) is 3. The second-order valence-electron chi connectivity index (χ2n) is 5.57. The summed E-state index contributed by atoms with van der Waals surface area (Å²) in [5, 5.41) is 2.81. The maximum absolute atomic E-state index is 12.1. The summed E-state index contributed by atoms with van der Waals surface area (Å²) in [6, 6.07) is -0.0965. The average Bonchev–Trinajstić information content (AvgIpc) is 2.83. The van der Waals surface area contributed by atoms with Crippen molar-refractivity contribution in [1.29, 1.82) is 0 Å². The van der Waals surface area contributed by atoms with Crippen molar-refractivity contribution in [2.45, 2.75) is 39.7 Å². The molecule has 0 bridgehead atoms. The standard InChI is InChI=1S/C14H22N4O2/c1-10(2)7-8-16-12(19)18-9-11(14(3,4)15-5)17-13(18)20-6/h9-10H,7-8H2,1-4,6H3,(H,16,19). The van der Waals surface area contributed by atoms with Crippen LogP contribution in [-0.4, -0.2) is 29.2 Å². The van der Waals surface area contributed by atoms with Gasteiger partial charge in [-0.3, -0.25) is 0 Å². The maximum Gasteiger partial charge on any atom is 0.329 e. The molecule has 0 aliphatic heterocycles. The van der Waals surface area contributed by atoms with Gasteiger partial charge >= 0.3 is 12.0 Å². The minimum atomic E-state index is -0.781. The highest BCUT2D eigenvalue weighted by Gasteiger charge is 2.31. The average molecular weight is 278 g/mol. The first-order chi connectivity index (χ1) is 9.31. The molecule has 110 valence electrons. The zero-order valence-electron chi connectivity index (χ0n) is 12.7. The van der Waals surface area contributed by atoms with Crippen LogP contribution in [0.25, 0.3) is 4.85 Å². The Kier molecular flexibility index (Phi) is 5.14. The minimum Gasteiger partial charge on any atom is -0.468 e. The number of amides is 1. The predicted octanol–water partition coefficient (Wildman–Crippen LogP) is 2.65. The van der Waals surface area contributed by atoms with E-state index < -0.39 is 5.54 Å². The van der Waals surface area contributed by atoms with E-state index in [1.54, 1.807) is 20.0 Å². The highest BCUT2D eigenvalue weighted by molar-refractivity contribution is 5.78. The van der Waals surface area contributed by atoms with Gasteiger partial charge in [0.2, 0.25) is 0 Å². The van der Waals surface area contributed by atoms with Crippen molar-refractivity contribution in [3.8, 4) is 6.01 Å². The van der Waals surface area contributed by atoms with Crippen LogP contribution in [0, 0.1) is 12.5 Å². The highest BCUT2D eigenvalue weighted by Crippen LogP contribution is 2.26. The number of methoxy groups -OCH3 is 1. The molecule has 1 aromatic rings. The lowest BCUT2D eigenvalue weighted by Gasteiger charge is -2.08. The molecule has 1 rings (SSSR count). The maximum atomic E-state index is 12.1. The summed E-state index contributed by atoms with van der Waals surface area (Å²) in [7, 11) is 1.45. The van der Waals surface area contributed by atoms with Crippen molar-refractivity contribution in [2.24, 2.45) is 5.92 Å². The van der Waals surface area contributed by atoms with Gasteiger partial charge in [-0.15, -0.1) is 0 Å². The molecule has 1 heterocycles. The fraction of sp³-hybridized carbons (Fsp3) is 0.643. The molecule has 0 saturated carbocycles. The molecule has 0 aliphatic carbocycles. The van der Waals surface area contributed by atoms with E-state index in [9.17, 15) is 4.79 Å². The lowest BCUT2D eigenvalue weighted by atomic mass is 10.0. The Bertz CT molecular complexity index is 512. The molecular formula is C14H22N4O2. The molecule has 6 nitrogen and oxygen atoms in total. The summed E-state index contributed by atoms with van der Waals surface area (Å²) in [5.41, 5.74) is -0.264. The molecule has 0 radical (unpaired) electrons. The zero-order chi connectivity index (χ0) is 15.3. The first-order valence-corrected chi connectivity index (χ1v) is 6.62. The van der Waals surface area contributed by atoms with Crippen molar-refractivity contribution in [1.82, 2.24) is 14.9 Å². The van der Waals surface area contributed by atoms with Crippen molar-refractivity contribution in [3.05, 3.63) is 23.3 Å². The summed E-state index contributed by atoms with van der Waals surface area (Å²) >= 11 is 0. The van der Waals surface area contributed by atoms with E-state index in [-0.39, 0.29) is 12.0 Å². The van der Waals surface area contributed by atoms with Gasteiger partial charge in [0.15, 0.2) is 0 Å². The first kappa shape index (κ1) is 16.0. The molecule has 1 aromatic heterocycles. The van der Waals surface area contributed by atoms with E-state index in [2.05, 4.69) is 29.0 Å². The Hall–Kier alpha value is -2.03. The number of carbonyl (C=O) groups is 1. The highest BCUT2D eigenvalue weighted by atomic mass is 16.5. The van der Waals surface area contributed by atoms with E-state index in [0.29, 0.717) is 18.2 Å². The van der Waals surface area contributed by atoms with Gasteiger partial charge in [-0.05, 0) is 12.3 Å².